The van der Waals surface area contributed by atoms with Crippen LogP contribution in [-0.4, -0.2) is 63.1 Å². The van der Waals surface area contributed by atoms with Gasteiger partial charge in [0.05, 0.1) is 16.9 Å². The molecule has 3 N–H and O–H groups in total. The van der Waals surface area contributed by atoms with Gasteiger partial charge in [0.1, 0.15) is 10.8 Å². The zero-order valence-corrected chi connectivity index (χ0v) is 18.4. The number of fused-ring (bicyclic) bond motifs is 2. The molecule has 0 saturated carbocycles. The van der Waals surface area contributed by atoms with Crippen LogP contribution < -0.4 is 5.32 Å². The molecule has 1 fully saturated rings. The van der Waals surface area contributed by atoms with Crippen LogP contribution in [0, 0.1) is 6.92 Å². The number of aromatic hydroxyl groups is 2. The van der Waals surface area contributed by atoms with Crippen LogP contribution in [0.25, 0.3) is 0 Å². The number of piperazine rings is 1. The molecule has 0 bridgehead atoms. The lowest BCUT2D eigenvalue weighted by atomic mass is 10.2. The first-order valence-corrected chi connectivity index (χ1v) is 11.5. The summed E-state index contributed by atoms with van der Waals surface area (Å²) in [6.07, 6.45) is 0.877. The van der Waals surface area contributed by atoms with Crippen molar-refractivity contribution in [3.8, 4) is 11.8 Å². The van der Waals surface area contributed by atoms with E-state index in [1.54, 1.807) is 15.9 Å². The maximum absolute atomic E-state index is 9.79. The first kappa shape index (κ1) is 20.0. The van der Waals surface area contributed by atoms with E-state index in [9.17, 15) is 10.2 Å². The second-order valence-corrected chi connectivity index (χ2v) is 9.32. The number of anilines is 2. The number of rotatable bonds is 4. The van der Waals surface area contributed by atoms with E-state index in [-0.39, 0.29) is 11.8 Å². The van der Waals surface area contributed by atoms with Gasteiger partial charge >= 0.3 is 0 Å². The second-order valence-electron chi connectivity index (χ2n) is 8.06. The van der Waals surface area contributed by atoms with Crippen LogP contribution in [0.2, 0.25) is 0 Å². The van der Waals surface area contributed by atoms with Crippen molar-refractivity contribution in [2.24, 2.45) is 4.99 Å². The molecular formula is C23H27N5O2S. The van der Waals surface area contributed by atoms with Crippen molar-refractivity contribution in [1.29, 1.82) is 0 Å². The van der Waals surface area contributed by atoms with Crippen molar-refractivity contribution in [1.82, 2.24) is 14.4 Å². The molecule has 0 amide bonds. The topological polar surface area (TPSA) is 76.3 Å². The van der Waals surface area contributed by atoms with Gasteiger partial charge in [-0.1, -0.05) is 12.1 Å². The fourth-order valence-corrected chi connectivity index (χ4v) is 5.22. The zero-order chi connectivity index (χ0) is 21.4. The number of aliphatic imine (C=N–C) groups is 1. The van der Waals surface area contributed by atoms with Crippen LogP contribution in [0.4, 0.5) is 16.4 Å². The predicted octanol–water partition coefficient (Wildman–Crippen LogP) is 4.11. The van der Waals surface area contributed by atoms with Gasteiger partial charge in [0.25, 0.3) is 0 Å². The normalized spacial score (nSPS) is 16.3. The summed E-state index contributed by atoms with van der Waals surface area (Å²) in [6, 6.07) is 13.5. The Morgan fingerprint density at radius 3 is 2.52 bits per heavy atom. The van der Waals surface area contributed by atoms with Crippen molar-refractivity contribution in [3.63, 3.8) is 0 Å². The Balaban J connectivity index is 1.26. The molecule has 2 aromatic heterocycles. The van der Waals surface area contributed by atoms with E-state index < -0.39 is 0 Å². The SMILES string of the molecule is Cc1cc2c(s1)Nc1ccccc1N=C2N1CCN(CCCn2c(O)ccc2O)CC1. The first-order chi connectivity index (χ1) is 15.1. The van der Waals surface area contributed by atoms with E-state index in [4.69, 9.17) is 4.99 Å². The highest BCUT2D eigenvalue weighted by Crippen LogP contribution is 2.39. The number of hydrogen-bond donors (Lipinski definition) is 3. The molecule has 1 saturated heterocycles. The Morgan fingerprint density at radius 2 is 1.74 bits per heavy atom. The van der Waals surface area contributed by atoms with Gasteiger partial charge in [-0.15, -0.1) is 11.3 Å². The monoisotopic (exact) mass is 437 g/mol. The minimum Gasteiger partial charge on any atom is -0.494 e. The number of nitrogens with one attached hydrogen (secondary N) is 1. The Morgan fingerprint density at radius 1 is 1.00 bits per heavy atom. The van der Waals surface area contributed by atoms with Crippen molar-refractivity contribution in [2.45, 2.75) is 19.9 Å². The summed E-state index contributed by atoms with van der Waals surface area (Å²) in [6.45, 7) is 7.47. The standard InChI is InChI=1S/C23H27N5O2S/c1-16-15-17-22(24-18-5-2-3-6-19(18)25-23(17)31-16)27-13-11-26(12-14-27)9-4-10-28-20(29)7-8-21(28)30/h2-3,5-8,15,25,29-30H,4,9-14H2,1H3. The summed E-state index contributed by atoms with van der Waals surface area (Å²) in [4.78, 5) is 11.2. The van der Waals surface area contributed by atoms with Gasteiger partial charge < -0.3 is 20.4 Å². The van der Waals surface area contributed by atoms with Gasteiger partial charge in [0.2, 0.25) is 0 Å². The summed E-state index contributed by atoms with van der Waals surface area (Å²) in [5, 5.41) is 24.3. The lowest BCUT2D eigenvalue weighted by Gasteiger charge is -2.36. The molecule has 162 valence electrons. The zero-order valence-electron chi connectivity index (χ0n) is 17.6. The third-order valence-electron chi connectivity index (χ3n) is 5.94. The van der Waals surface area contributed by atoms with Crippen LogP contribution >= 0.6 is 11.3 Å². The minimum absolute atomic E-state index is 0.115. The van der Waals surface area contributed by atoms with E-state index in [1.807, 2.05) is 12.1 Å². The van der Waals surface area contributed by atoms with Crippen LogP contribution in [0.3, 0.4) is 0 Å². The van der Waals surface area contributed by atoms with E-state index >= 15 is 0 Å². The molecule has 0 atom stereocenters. The number of nitrogens with zero attached hydrogens (tertiary/aromatic N) is 4. The highest BCUT2D eigenvalue weighted by Gasteiger charge is 2.26. The molecule has 0 unspecified atom stereocenters. The maximum atomic E-state index is 9.79. The molecule has 0 spiro atoms. The summed E-state index contributed by atoms with van der Waals surface area (Å²) in [7, 11) is 0. The Hall–Kier alpha value is -2.97. The van der Waals surface area contributed by atoms with Crippen molar-refractivity contribution in [2.75, 3.05) is 38.0 Å². The molecule has 2 aliphatic heterocycles. The van der Waals surface area contributed by atoms with Crippen molar-refractivity contribution in [3.05, 3.63) is 52.9 Å². The Kier molecular flexibility index (Phi) is 5.33. The molecule has 8 heteroatoms. The van der Waals surface area contributed by atoms with Gasteiger partial charge in [-0.25, -0.2) is 4.99 Å². The molecule has 0 radical (unpaired) electrons. The molecule has 2 aliphatic rings. The maximum Gasteiger partial charge on any atom is 0.193 e. The van der Waals surface area contributed by atoms with Gasteiger partial charge in [-0.3, -0.25) is 9.47 Å². The quantitative estimate of drug-likeness (QED) is 0.573. The van der Waals surface area contributed by atoms with E-state index in [1.165, 1.54) is 22.6 Å². The molecule has 7 nitrogen and oxygen atoms in total. The van der Waals surface area contributed by atoms with Crippen LogP contribution in [0.5, 0.6) is 11.8 Å². The fraction of sp³-hybridized carbons (Fsp3) is 0.348. The molecule has 0 aliphatic carbocycles. The van der Waals surface area contributed by atoms with Crippen molar-refractivity contribution >= 4 is 33.5 Å². The third kappa shape index (κ3) is 4.00. The molecule has 1 aromatic carbocycles. The van der Waals surface area contributed by atoms with Crippen LogP contribution in [-0.2, 0) is 6.54 Å². The largest absolute Gasteiger partial charge is 0.494 e. The number of aromatic nitrogens is 1. The summed E-state index contributed by atoms with van der Waals surface area (Å²) < 4.78 is 1.54. The third-order valence-corrected chi connectivity index (χ3v) is 6.90. The molecule has 3 aromatic rings. The van der Waals surface area contributed by atoms with E-state index in [0.717, 1.165) is 61.4 Å². The number of aryl methyl sites for hydroxylation is 1. The van der Waals surface area contributed by atoms with Gasteiger partial charge in [0, 0.05) is 49.7 Å². The summed E-state index contributed by atoms with van der Waals surface area (Å²) >= 11 is 1.78. The lowest BCUT2D eigenvalue weighted by molar-refractivity contribution is 0.177. The Bertz CT molecular complexity index is 1090. The molecular weight excluding hydrogens is 410 g/mol. The molecule has 5 rings (SSSR count). The summed E-state index contributed by atoms with van der Waals surface area (Å²) in [5.41, 5.74) is 3.22. The number of amidine groups is 1. The fourth-order valence-electron chi connectivity index (χ4n) is 4.30. The highest BCUT2D eigenvalue weighted by molar-refractivity contribution is 7.16. The molecule has 4 heterocycles. The molecule has 31 heavy (non-hydrogen) atoms. The minimum atomic E-state index is 0.115. The highest BCUT2D eigenvalue weighted by atomic mass is 32.1. The van der Waals surface area contributed by atoms with Gasteiger partial charge in [0.15, 0.2) is 11.8 Å². The van der Waals surface area contributed by atoms with Crippen LogP contribution in [0.15, 0.2) is 47.5 Å². The van der Waals surface area contributed by atoms with Gasteiger partial charge in [-0.2, -0.15) is 0 Å². The average Bonchev–Trinajstić information content (AvgIpc) is 3.24. The average molecular weight is 438 g/mol. The Labute approximate surface area is 185 Å². The number of para-hydroxylation sites is 2. The smallest absolute Gasteiger partial charge is 0.193 e. The van der Waals surface area contributed by atoms with Crippen molar-refractivity contribution < 1.29 is 10.2 Å². The first-order valence-electron chi connectivity index (χ1n) is 10.7. The summed E-state index contributed by atoms with van der Waals surface area (Å²) in [5.74, 6) is 1.28. The number of thiophene rings is 1. The predicted molar refractivity (Wildman–Crippen MR) is 125 cm³/mol. The number of hydrogen-bond acceptors (Lipinski definition) is 7. The number of benzene rings is 1. The van der Waals surface area contributed by atoms with Crippen LogP contribution in [0.1, 0.15) is 16.9 Å². The van der Waals surface area contributed by atoms with Gasteiger partial charge in [-0.05, 0) is 38.1 Å². The van der Waals surface area contributed by atoms with E-state index in [2.05, 4.69) is 40.2 Å². The lowest BCUT2D eigenvalue weighted by Crippen LogP contribution is -2.49. The second kappa shape index (κ2) is 8.28. The van der Waals surface area contributed by atoms with E-state index in [0.29, 0.717) is 6.54 Å².